The smallest absolute Gasteiger partial charge is 0.258 e. The number of anilines is 4. The molecule has 1 amide bonds. The first kappa shape index (κ1) is 21.9. The number of carbonyl (C=O) groups is 1. The lowest BCUT2D eigenvalue weighted by atomic mass is 10.1. The van der Waals surface area contributed by atoms with Crippen LogP contribution in [0.15, 0.2) is 60.8 Å². The molecule has 3 heterocycles. The maximum absolute atomic E-state index is 13.3. The van der Waals surface area contributed by atoms with E-state index in [1.165, 1.54) is 0 Å². The van der Waals surface area contributed by atoms with Gasteiger partial charge in [-0.3, -0.25) is 4.79 Å². The number of nitrogens with zero attached hydrogens (tertiary/aromatic N) is 5. The number of morpholine rings is 1. The van der Waals surface area contributed by atoms with Crippen molar-refractivity contribution in [3.05, 3.63) is 71.9 Å². The fraction of sp³-hybridized carbons (Fsp3) is 0.192. The summed E-state index contributed by atoms with van der Waals surface area (Å²) in [5, 5.41) is 18.1. The SMILES string of the molecule is Cc1cccc2cnc(Nc3cc(C(=O)Nc4ccc(N5CCOCC5)cc4)c4n[nH]nc4c3)nc12. The zero-order chi connectivity index (χ0) is 24.5. The van der Waals surface area contributed by atoms with Gasteiger partial charge in [0.05, 0.1) is 24.3 Å². The van der Waals surface area contributed by atoms with Gasteiger partial charge in [0.15, 0.2) is 0 Å². The van der Waals surface area contributed by atoms with Gasteiger partial charge < -0.3 is 20.3 Å². The van der Waals surface area contributed by atoms with Crippen LogP contribution in [0.5, 0.6) is 0 Å². The van der Waals surface area contributed by atoms with Gasteiger partial charge in [-0.15, -0.1) is 0 Å². The third-order valence-electron chi connectivity index (χ3n) is 6.24. The summed E-state index contributed by atoms with van der Waals surface area (Å²) in [4.78, 5) is 24.6. The topological polar surface area (TPSA) is 121 Å². The van der Waals surface area contributed by atoms with Crippen LogP contribution in [0.2, 0.25) is 0 Å². The van der Waals surface area contributed by atoms with Crippen LogP contribution in [0.3, 0.4) is 0 Å². The molecule has 10 heteroatoms. The van der Waals surface area contributed by atoms with Crippen LogP contribution in [0, 0.1) is 6.92 Å². The molecule has 0 unspecified atom stereocenters. The molecule has 0 atom stereocenters. The predicted molar refractivity (Wildman–Crippen MR) is 139 cm³/mol. The molecule has 180 valence electrons. The number of para-hydroxylation sites is 1. The average Bonchev–Trinajstić information content (AvgIpc) is 3.38. The zero-order valence-corrected chi connectivity index (χ0v) is 19.7. The van der Waals surface area contributed by atoms with Crippen molar-refractivity contribution in [3.63, 3.8) is 0 Å². The Morgan fingerprint density at radius 3 is 2.67 bits per heavy atom. The molecule has 0 bridgehead atoms. The number of aromatic amines is 1. The molecule has 0 spiro atoms. The number of hydrogen-bond acceptors (Lipinski definition) is 8. The van der Waals surface area contributed by atoms with E-state index in [4.69, 9.17) is 4.74 Å². The molecule has 0 saturated carbocycles. The minimum Gasteiger partial charge on any atom is -0.378 e. The molecule has 0 radical (unpaired) electrons. The molecule has 1 aliphatic rings. The molecule has 1 saturated heterocycles. The number of aryl methyl sites for hydroxylation is 1. The lowest BCUT2D eigenvalue weighted by Crippen LogP contribution is -2.36. The third kappa shape index (κ3) is 4.29. The van der Waals surface area contributed by atoms with E-state index in [2.05, 4.69) is 40.9 Å². The maximum Gasteiger partial charge on any atom is 0.258 e. The summed E-state index contributed by atoms with van der Waals surface area (Å²) in [5.74, 6) is 0.150. The fourth-order valence-corrected chi connectivity index (χ4v) is 4.36. The predicted octanol–water partition coefficient (Wildman–Crippen LogP) is 4.04. The van der Waals surface area contributed by atoms with Gasteiger partial charge in [0, 0.05) is 41.7 Å². The standard InChI is InChI=1S/C26H24N8O2/c1-16-3-2-4-17-15-27-26(30-23(16)17)29-19-13-21(24-22(14-19)31-33-32-24)25(35)28-18-5-7-20(8-6-18)34-9-11-36-12-10-34/h2-8,13-15H,9-12H2,1H3,(H,28,35)(H,27,29,30)(H,31,32,33). The number of amides is 1. The number of carbonyl (C=O) groups excluding carboxylic acids is 1. The molecule has 3 N–H and O–H groups in total. The average molecular weight is 481 g/mol. The van der Waals surface area contributed by atoms with Crippen molar-refractivity contribution >= 4 is 50.9 Å². The molecule has 6 rings (SSSR count). The first-order valence-corrected chi connectivity index (χ1v) is 11.7. The van der Waals surface area contributed by atoms with Crippen molar-refractivity contribution in [2.75, 3.05) is 41.8 Å². The van der Waals surface area contributed by atoms with Gasteiger partial charge in [-0.25, -0.2) is 9.97 Å². The van der Waals surface area contributed by atoms with Crippen molar-refractivity contribution in [2.24, 2.45) is 0 Å². The molecule has 3 aromatic carbocycles. The van der Waals surface area contributed by atoms with E-state index in [0.717, 1.165) is 48.5 Å². The largest absolute Gasteiger partial charge is 0.378 e. The normalized spacial score (nSPS) is 13.8. The Morgan fingerprint density at radius 2 is 1.83 bits per heavy atom. The van der Waals surface area contributed by atoms with Crippen LogP contribution in [0.1, 0.15) is 15.9 Å². The van der Waals surface area contributed by atoms with Crippen LogP contribution in [0.4, 0.5) is 23.0 Å². The minimum absolute atomic E-state index is 0.285. The Bertz CT molecular complexity index is 1560. The highest BCUT2D eigenvalue weighted by molar-refractivity contribution is 6.12. The Morgan fingerprint density at radius 1 is 1.00 bits per heavy atom. The first-order chi connectivity index (χ1) is 17.6. The van der Waals surface area contributed by atoms with Crippen molar-refractivity contribution in [1.29, 1.82) is 0 Å². The molecule has 5 aromatic rings. The van der Waals surface area contributed by atoms with E-state index in [0.29, 0.717) is 33.9 Å². The van der Waals surface area contributed by atoms with E-state index in [9.17, 15) is 4.79 Å². The van der Waals surface area contributed by atoms with Crippen molar-refractivity contribution in [1.82, 2.24) is 25.4 Å². The highest BCUT2D eigenvalue weighted by Gasteiger charge is 2.17. The van der Waals surface area contributed by atoms with Gasteiger partial charge in [0.1, 0.15) is 11.0 Å². The summed E-state index contributed by atoms with van der Waals surface area (Å²) in [6.07, 6.45) is 1.78. The van der Waals surface area contributed by atoms with Crippen LogP contribution in [0.25, 0.3) is 21.9 Å². The second-order valence-electron chi connectivity index (χ2n) is 8.65. The summed E-state index contributed by atoms with van der Waals surface area (Å²) in [7, 11) is 0. The summed E-state index contributed by atoms with van der Waals surface area (Å²) < 4.78 is 5.42. The van der Waals surface area contributed by atoms with Crippen LogP contribution >= 0.6 is 0 Å². The van der Waals surface area contributed by atoms with Gasteiger partial charge in [-0.2, -0.15) is 15.4 Å². The summed E-state index contributed by atoms with van der Waals surface area (Å²) in [6, 6.07) is 17.3. The fourth-order valence-electron chi connectivity index (χ4n) is 4.36. The highest BCUT2D eigenvalue weighted by Crippen LogP contribution is 2.26. The Balaban J connectivity index is 1.25. The van der Waals surface area contributed by atoms with Crippen LogP contribution < -0.4 is 15.5 Å². The molecule has 1 aliphatic heterocycles. The van der Waals surface area contributed by atoms with Crippen LogP contribution in [-0.2, 0) is 4.74 Å². The Hall–Kier alpha value is -4.57. The third-order valence-corrected chi connectivity index (χ3v) is 6.24. The summed E-state index contributed by atoms with van der Waals surface area (Å²) in [6.45, 7) is 5.17. The minimum atomic E-state index is -0.285. The van der Waals surface area contributed by atoms with Gasteiger partial charge in [-0.1, -0.05) is 18.2 Å². The number of ether oxygens (including phenoxy) is 1. The van der Waals surface area contributed by atoms with Gasteiger partial charge in [-0.05, 0) is 48.9 Å². The van der Waals surface area contributed by atoms with E-state index < -0.39 is 0 Å². The van der Waals surface area contributed by atoms with E-state index >= 15 is 0 Å². The Labute approximate surface area is 206 Å². The quantitative estimate of drug-likeness (QED) is 0.345. The second-order valence-corrected chi connectivity index (χ2v) is 8.65. The van der Waals surface area contributed by atoms with Crippen molar-refractivity contribution in [3.8, 4) is 0 Å². The number of fused-ring (bicyclic) bond motifs is 2. The van der Waals surface area contributed by atoms with Crippen molar-refractivity contribution < 1.29 is 9.53 Å². The highest BCUT2D eigenvalue weighted by atomic mass is 16.5. The molecule has 36 heavy (non-hydrogen) atoms. The molecular weight excluding hydrogens is 456 g/mol. The number of nitrogens with one attached hydrogen (secondary N) is 3. The van der Waals surface area contributed by atoms with Gasteiger partial charge >= 0.3 is 0 Å². The summed E-state index contributed by atoms with van der Waals surface area (Å²) in [5.41, 5.74) is 5.80. The number of H-pyrrole nitrogens is 1. The number of aromatic nitrogens is 5. The van der Waals surface area contributed by atoms with Gasteiger partial charge in [0.2, 0.25) is 5.95 Å². The lowest BCUT2D eigenvalue weighted by molar-refractivity contribution is 0.102. The number of rotatable bonds is 5. The Kier molecular flexibility index (Phi) is 5.62. The second kappa shape index (κ2) is 9.23. The van der Waals surface area contributed by atoms with E-state index in [1.807, 2.05) is 49.4 Å². The van der Waals surface area contributed by atoms with Crippen molar-refractivity contribution in [2.45, 2.75) is 6.92 Å². The lowest BCUT2D eigenvalue weighted by Gasteiger charge is -2.28. The summed E-state index contributed by atoms with van der Waals surface area (Å²) >= 11 is 0. The van der Waals surface area contributed by atoms with Crippen LogP contribution in [-0.4, -0.2) is 57.6 Å². The number of benzene rings is 3. The zero-order valence-electron chi connectivity index (χ0n) is 19.7. The molecule has 0 aliphatic carbocycles. The first-order valence-electron chi connectivity index (χ1n) is 11.7. The van der Waals surface area contributed by atoms with E-state index in [-0.39, 0.29) is 5.91 Å². The molecular formula is C26H24N8O2. The van der Waals surface area contributed by atoms with E-state index in [1.54, 1.807) is 18.3 Å². The van der Waals surface area contributed by atoms with Gasteiger partial charge in [0.25, 0.3) is 5.91 Å². The monoisotopic (exact) mass is 480 g/mol. The molecule has 1 fully saturated rings. The molecule has 2 aromatic heterocycles. The maximum atomic E-state index is 13.3. The number of hydrogen-bond donors (Lipinski definition) is 3. The molecule has 10 nitrogen and oxygen atoms in total.